The van der Waals surface area contributed by atoms with Gasteiger partial charge in [0.05, 0.1) is 13.2 Å². The molecular formula is C18H27NO2. The van der Waals surface area contributed by atoms with Crippen LogP contribution in [0.1, 0.15) is 45.7 Å². The van der Waals surface area contributed by atoms with Gasteiger partial charge in [-0.3, -0.25) is 0 Å². The van der Waals surface area contributed by atoms with Crippen LogP contribution >= 0.6 is 0 Å². The monoisotopic (exact) mass is 289 g/mol. The molecular weight excluding hydrogens is 262 g/mol. The van der Waals surface area contributed by atoms with Gasteiger partial charge in [-0.15, -0.1) is 0 Å². The Morgan fingerprint density at radius 2 is 1.67 bits per heavy atom. The third-order valence-electron chi connectivity index (χ3n) is 4.72. The second kappa shape index (κ2) is 4.80. The summed E-state index contributed by atoms with van der Waals surface area (Å²) in [7, 11) is 0. The first-order chi connectivity index (χ1) is 9.79. The van der Waals surface area contributed by atoms with Crippen LogP contribution in [0.4, 0.5) is 0 Å². The van der Waals surface area contributed by atoms with Crippen molar-refractivity contribution in [2.24, 2.45) is 5.41 Å². The lowest BCUT2D eigenvalue weighted by Gasteiger charge is -2.57. The third-order valence-corrected chi connectivity index (χ3v) is 4.72. The highest BCUT2D eigenvalue weighted by atomic mass is 16.7. The average molecular weight is 289 g/mol. The molecule has 0 spiro atoms. The number of rotatable bonds is 2. The van der Waals surface area contributed by atoms with E-state index < -0.39 is 5.91 Å². The van der Waals surface area contributed by atoms with Crippen LogP contribution in [0.25, 0.3) is 0 Å². The highest BCUT2D eigenvalue weighted by Crippen LogP contribution is 2.46. The van der Waals surface area contributed by atoms with Gasteiger partial charge >= 0.3 is 0 Å². The van der Waals surface area contributed by atoms with E-state index in [1.54, 1.807) is 0 Å². The first-order valence-electron chi connectivity index (χ1n) is 7.93. The zero-order chi connectivity index (χ0) is 15.3. The molecule has 3 heteroatoms. The molecule has 0 atom stereocenters. The highest BCUT2D eigenvalue weighted by Gasteiger charge is 2.54. The number of hydrogen-bond donors (Lipinski definition) is 0. The van der Waals surface area contributed by atoms with Crippen LogP contribution < -0.4 is 0 Å². The summed E-state index contributed by atoms with van der Waals surface area (Å²) in [5.74, 6) is -0.678. The smallest absolute Gasteiger partial charge is 0.258 e. The van der Waals surface area contributed by atoms with Crippen LogP contribution in [0.15, 0.2) is 24.3 Å². The van der Waals surface area contributed by atoms with Crippen molar-refractivity contribution < 1.29 is 9.47 Å². The molecule has 0 aliphatic carbocycles. The highest BCUT2D eigenvalue weighted by molar-refractivity contribution is 5.30. The lowest BCUT2D eigenvalue weighted by atomic mass is 9.84. The van der Waals surface area contributed by atoms with Gasteiger partial charge in [-0.25, -0.2) is 4.90 Å². The Bertz CT molecular complexity index is 507. The minimum atomic E-state index is -0.678. The SMILES string of the molecule is CCN1CC2(C)COC1(c1ccc(C(C)(C)C)cc1)OC2. The summed E-state index contributed by atoms with van der Waals surface area (Å²) in [4.78, 5) is 2.31. The summed E-state index contributed by atoms with van der Waals surface area (Å²) in [6, 6.07) is 8.73. The molecule has 3 fully saturated rings. The van der Waals surface area contributed by atoms with Gasteiger partial charge in [0.25, 0.3) is 5.91 Å². The van der Waals surface area contributed by atoms with E-state index in [-0.39, 0.29) is 10.8 Å². The van der Waals surface area contributed by atoms with Crippen molar-refractivity contribution in [2.45, 2.75) is 45.9 Å². The summed E-state index contributed by atoms with van der Waals surface area (Å²) in [5, 5.41) is 0. The lowest BCUT2D eigenvalue weighted by Crippen LogP contribution is -2.66. The summed E-state index contributed by atoms with van der Waals surface area (Å²) < 4.78 is 12.4. The van der Waals surface area contributed by atoms with Crippen molar-refractivity contribution in [3.8, 4) is 0 Å². The van der Waals surface area contributed by atoms with Crippen LogP contribution in [0.3, 0.4) is 0 Å². The van der Waals surface area contributed by atoms with Crippen LogP contribution in [-0.4, -0.2) is 31.2 Å². The number of benzene rings is 1. The van der Waals surface area contributed by atoms with Gasteiger partial charge in [0.15, 0.2) is 0 Å². The Kier molecular flexibility index (Phi) is 3.43. The van der Waals surface area contributed by atoms with E-state index in [9.17, 15) is 0 Å². The summed E-state index contributed by atoms with van der Waals surface area (Å²) >= 11 is 0. The van der Waals surface area contributed by atoms with Crippen molar-refractivity contribution in [3.05, 3.63) is 35.4 Å². The van der Waals surface area contributed by atoms with Crippen molar-refractivity contribution in [1.82, 2.24) is 4.90 Å². The molecule has 0 radical (unpaired) electrons. The summed E-state index contributed by atoms with van der Waals surface area (Å²) in [5.41, 5.74) is 2.74. The van der Waals surface area contributed by atoms with Gasteiger partial charge in [0.2, 0.25) is 0 Å². The zero-order valence-corrected chi connectivity index (χ0v) is 13.9. The van der Waals surface area contributed by atoms with E-state index in [0.29, 0.717) is 0 Å². The topological polar surface area (TPSA) is 21.7 Å². The molecule has 3 aliphatic rings. The Morgan fingerprint density at radius 3 is 2.14 bits per heavy atom. The molecule has 0 amide bonds. The molecule has 1 aromatic carbocycles. The standard InChI is InChI=1S/C18H27NO2/c1-6-19-11-17(5)12-20-18(19,21-13-17)15-9-7-14(8-10-15)16(2,3)4/h7-10H,6,11-13H2,1-5H3. The molecule has 0 N–H and O–H groups in total. The Morgan fingerprint density at radius 1 is 1.10 bits per heavy atom. The molecule has 2 bridgehead atoms. The number of fused-ring (bicyclic) bond motifs is 3. The van der Waals surface area contributed by atoms with Crippen LogP contribution in [-0.2, 0) is 20.8 Å². The minimum absolute atomic E-state index is 0.128. The first-order valence-corrected chi connectivity index (χ1v) is 7.93. The molecule has 21 heavy (non-hydrogen) atoms. The average Bonchev–Trinajstić information content (AvgIpc) is 2.46. The fraction of sp³-hybridized carbons (Fsp3) is 0.667. The molecule has 0 aromatic heterocycles. The summed E-state index contributed by atoms with van der Waals surface area (Å²) in [6.07, 6.45) is 0. The molecule has 3 saturated heterocycles. The van der Waals surface area contributed by atoms with Crippen LogP contribution in [0.5, 0.6) is 0 Å². The van der Waals surface area contributed by atoms with Gasteiger partial charge in [-0.05, 0) is 11.0 Å². The maximum absolute atomic E-state index is 6.19. The molecule has 3 heterocycles. The number of nitrogens with zero attached hydrogens (tertiary/aromatic N) is 1. The normalized spacial score (nSPS) is 33.4. The predicted molar refractivity (Wildman–Crippen MR) is 84.1 cm³/mol. The molecule has 116 valence electrons. The summed E-state index contributed by atoms with van der Waals surface area (Å²) in [6.45, 7) is 14.6. The molecule has 0 saturated carbocycles. The van der Waals surface area contributed by atoms with Gasteiger partial charge in [0, 0.05) is 24.1 Å². The third kappa shape index (κ3) is 2.41. The van der Waals surface area contributed by atoms with Crippen LogP contribution in [0.2, 0.25) is 0 Å². The van der Waals surface area contributed by atoms with Crippen molar-refractivity contribution >= 4 is 0 Å². The lowest BCUT2D eigenvalue weighted by molar-refractivity contribution is -0.417. The van der Waals surface area contributed by atoms with Gasteiger partial charge < -0.3 is 9.47 Å². The van der Waals surface area contributed by atoms with E-state index in [0.717, 1.165) is 31.9 Å². The quantitative estimate of drug-likeness (QED) is 0.832. The van der Waals surface area contributed by atoms with E-state index in [1.807, 2.05) is 0 Å². The van der Waals surface area contributed by atoms with Crippen molar-refractivity contribution in [1.29, 1.82) is 0 Å². The Labute approximate surface area is 128 Å². The first kappa shape index (κ1) is 15.0. The maximum Gasteiger partial charge on any atom is 0.258 e. The second-order valence-corrected chi connectivity index (χ2v) is 7.81. The fourth-order valence-corrected chi connectivity index (χ4v) is 3.32. The number of hydrogen-bond acceptors (Lipinski definition) is 3. The van der Waals surface area contributed by atoms with Gasteiger partial charge in [0.1, 0.15) is 0 Å². The van der Waals surface area contributed by atoms with Crippen molar-refractivity contribution in [3.63, 3.8) is 0 Å². The van der Waals surface area contributed by atoms with Crippen LogP contribution in [0, 0.1) is 5.41 Å². The second-order valence-electron chi connectivity index (χ2n) is 7.81. The molecule has 1 aromatic rings. The molecule has 0 unspecified atom stereocenters. The van der Waals surface area contributed by atoms with Crippen molar-refractivity contribution in [2.75, 3.05) is 26.3 Å². The van der Waals surface area contributed by atoms with E-state index in [1.165, 1.54) is 5.56 Å². The molecule has 3 aliphatic heterocycles. The fourth-order valence-electron chi connectivity index (χ4n) is 3.32. The number of ether oxygens (including phenoxy) is 2. The zero-order valence-electron chi connectivity index (χ0n) is 13.9. The largest absolute Gasteiger partial charge is 0.333 e. The molecule has 4 rings (SSSR count). The van der Waals surface area contributed by atoms with E-state index in [4.69, 9.17) is 9.47 Å². The Balaban J connectivity index is 1.95. The minimum Gasteiger partial charge on any atom is -0.333 e. The maximum atomic E-state index is 6.19. The van der Waals surface area contributed by atoms with Gasteiger partial charge in [-0.2, -0.15) is 0 Å². The van der Waals surface area contributed by atoms with Gasteiger partial charge in [-0.1, -0.05) is 58.9 Å². The molecule has 3 nitrogen and oxygen atoms in total. The van der Waals surface area contributed by atoms with E-state index in [2.05, 4.69) is 63.8 Å². The Hall–Kier alpha value is -0.900. The van der Waals surface area contributed by atoms with E-state index >= 15 is 0 Å². The predicted octanol–water partition coefficient (Wildman–Crippen LogP) is 3.48.